The minimum Gasteiger partial charge on any atom is -0.494 e. The van der Waals surface area contributed by atoms with Crippen molar-refractivity contribution in [1.82, 2.24) is 4.98 Å². The molecule has 0 saturated carbocycles. The van der Waals surface area contributed by atoms with Crippen molar-refractivity contribution in [3.63, 3.8) is 0 Å². The van der Waals surface area contributed by atoms with Crippen molar-refractivity contribution in [1.29, 1.82) is 0 Å². The van der Waals surface area contributed by atoms with Gasteiger partial charge in [0.05, 0.1) is 17.7 Å². The van der Waals surface area contributed by atoms with E-state index in [0.29, 0.717) is 18.0 Å². The van der Waals surface area contributed by atoms with Gasteiger partial charge in [-0.25, -0.2) is 4.98 Å². The van der Waals surface area contributed by atoms with Crippen molar-refractivity contribution >= 4 is 23.0 Å². The Morgan fingerprint density at radius 1 is 1.33 bits per heavy atom. The van der Waals surface area contributed by atoms with Gasteiger partial charge in [-0.2, -0.15) is 0 Å². The average Bonchev–Trinajstić information content (AvgIpc) is 2.39. The SMILES string of the molecule is CCNc1nc2ccc(OCC)cc2cc1C=O. The van der Waals surface area contributed by atoms with Gasteiger partial charge in [0.1, 0.15) is 11.6 Å². The molecule has 2 rings (SSSR count). The molecule has 1 N–H and O–H groups in total. The van der Waals surface area contributed by atoms with Crippen molar-refractivity contribution in [2.24, 2.45) is 0 Å². The summed E-state index contributed by atoms with van der Waals surface area (Å²) < 4.78 is 5.43. The number of ether oxygens (including phenoxy) is 1. The second kappa shape index (κ2) is 5.49. The first-order chi connectivity index (χ1) is 8.78. The molecule has 0 fully saturated rings. The summed E-state index contributed by atoms with van der Waals surface area (Å²) in [5, 5.41) is 3.99. The Morgan fingerprint density at radius 3 is 2.83 bits per heavy atom. The quantitative estimate of drug-likeness (QED) is 0.822. The highest BCUT2D eigenvalue weighted by molar-refractivity contribution is 5.92. The number of rotatable bonds is 5. The summed E-state index contributed by atoms with van der Waals surface area (Å²) in [5.41, 5.74) is 1.41. The molecule has 0 aliphatic heterocycles. The van der Waals surface area contributed by atoms with Gasteiger partial charge >= 0.3 is 0 Å². The fourth-order valence-corrected chi connectivity index (χ4v) is 1.83. The van der Waals surface area contributed by atoms with E-state index in [2.05, 4.69) is 10.3 Å². The molecule has 0 amide bonds. The second-order valence-corrected chi connectivity index (χ2v) is 3.86. The number of carbonyl (C=O) groups is 1. The molecular formula is C14H16N2O2. The highest BCUT2D eigenvalue weighted by Gasteiger charge is 2.06. The number of carbonyl (C=O) groups excluding carboxylic acids is 1. The maximum atomic E-state index is 11.0. The summed E-state index contributed by atoms with van der Waals surface area (Å²) in [5.74, 6) is 1.42. The molecule has 1 aromatic carbocycles. The molecule has 0 aliphatic carbocycles. The van der Waals surface area contributed by atoms with Gasteiger partial charge in [0.25, 0.3) is 0 Å². The molecule has 0 saturated heterocycles. The summed E-state index contributed by atoms with van der Waals surface area (Å²) in [4.78, 5) is 15.5. The van der Waals surface area contributed by atoms with Crippen LogP contribution in [0.2, 0.25) is 0 Å². The maximum Gasteiger partial charge on any atom is 0.153 e. The molecule has 4 heteroatoms. The van der Waals surface area contributed by atoms with E-state index >= 15 is 0 Å². The number of hydrogen-bond donors (Lipinski definition) is 1. The monoisotopic (exact) mass is 244 g/mol. The fraction of sp³-hybridized carbons (Fsp3) is 0.286. The summed E-state index contributed by atoms with van der Waals surface area (Å²) in [6.45, 7) is 5.26. The van der Waals surface area contributed by atoms with E-state index in [1.54, 1.807) is 0 Å². The molecular weight excluding hydrogens is 228 g/mol. The average molecular weight is 244 g/mol. The summed E-state index contributed by atoms with van der Waals surface area (Å²) in [6.07, 6.45) is 0.817. The van der Waals surface area contributed by atoms with E-state index < -0.39 is 0 Å². The smallest absolute Gasteiger partial charge is 0.153 e. The molecule has 4 nitrogen and oxygen atoms in total. The van der Waals surface area contributed by atoms with E-state index in [0.717, 1.165) is 29.5 Å². The minimum absolute atomic E-state index is 0.568. The van der Waals surface area contributed by atoms with Gasteiger partial charge in [-0.05, 0) is 38.1 Å². The third-order valence-corrected chi connectivity index (χ3v) is 2.60. The lowest BCUT2D eigenvalue weighted by Crippen LogP contribution is -2.03. The standard InChI is InChI=1S/C14H16N2O2/c1-3-15-14-11(9-17)7-10-8-12(18-4-2)5-6-13(10)16-14/h5-9H,3-4H2,1-2H3,(H,15,16). The van der Waals surface area contributed by atoms with Gasteiger partial charge in [0.15, 0.2) is 6.29 Å². The molecule has 18 heavy (non-hydrogen) atoms. The Morgan fingerprint density at radius 2 is 2.17 bits per heavy atom. The third-order valence-electron chi connectivity index (χ3n) is 2.60. The summed E-state index contributed by atoms with van der Waals surface area (Å²) >= 11 is 0. The lowest BCUT2D eigenvalue weighted by atomic mass is 10.1. The van der Waals surface area contributed by atoms with Crippen LogP contribution in [0.1, 0.15) is 24.2 Å². The maximum absolute atomic E-state index is 11.0. The predicted molar refractivity (Wildman–Crippen MR) is 72.5 cm³/mol. The Bertz CT molecular complexity index is 567. The van der Waals surface area contributed by atoms with Crippen LogP contribution in [0.4, 0.5) is 5.82 Å². The number of nitrogens with zero attached hydrogens (tertiary/aromatic N) is 1. The molecule has 94 valence electrons. The molecule has 0 spiro atoms. The number of fused-ring (bicyclic) bond motifs is 1. The van der Waals surface area contributed by atoms with E-state index in [-0.39, 0.29) is 0 Å². The van der Waals surface area contributed by atoms with E-state index in [4.69, 9.17) is 4.74 Å². The molecule has 2 aromatic rings. The fourth-order valence-electron chi connectivity index (χ4n) is 1.83. The number of pyridine rings is 1. The molecule has 1 aromatic heterocycles. The van der Waals surface area contributed by atoms with E-state index in [1.165, 1.54) is 0 Å². The van der Waals surface area contributed by atoms with E-state index in [1.807, 2.05) is 38.1 Å². The normalized spacial score (nSPS) is 10.3. The van der Waals surface area contributed by atoms with Crippen LogP contribution in [0, 0.1) is 0 Å². The Balaban J connectivity index is 2.52. The zero-order valence-corrected chi connectivity index (χ0v) is 10.6. The van der Waals surface area contributed by atoms with Gasteiger partial charge in [-0.15, -0.1) is 0 Å². The zero-order valence-electron chi connectivity index (χ0n) is 10.6. The van der Waals surface area contributed by atoms with Crippen LogP contribution in [0.15, 0.2) is 24.3 Å². The number of nitrogens with one attached hydrogen (secondary N) is 1. The van der Waals surface area contributed by atoms with Crippen molar-refractivity contribution in [3.05, 3.63) is 29.8 Å². The van der Waals surface area contributed by atoms with Crippen LogP contribution in [-0.2, 0) is 0 Å². The van der Waals surface area contributed by atoms with Crippen molar-refractivity contribution < 1.29 is 9.53 Å². The van der Waals surface area contributed by atoms with E-state index in [9.17, 15) is 4.79 Å². The highest BCUT2D eigenvalue weighted by Crippen LogP contribution is 2.23. The summed E-state index contributed by atoms with van der Waals surface area (Å²) in [7, 11) is 0. The summed E-state index contributed by atoms with van der Waals surface area (Å²) in [6, 6.07) is 7.51. The lowest BCUT2D eigenvalue weighted by molar-refractivity contribution is 0.112. The Hall–Kier alpha value is -2.10. The first-order valence-corrected chi connectivity index (χ1v) is 6.05. The van der Waals surface area contributed by atoms with Crippen LogP contribution in [0.5, 0.6) is 5.75 Å². The number of hydrogen-bond acceptors (Lipinski definition) is 4. The van der Waals surface area contributed by atoms with Crippen LogP contribution in [-0.4, -0.2) is 24.4 Å². The molecule has 0 radical (unpaired) electrons. The molecule has 1 heterocycles. The molecule has 0 bridgehead atoms. The van der Waals surface area contributed by atoms with Crippen molar-refractivity contribution in [3.8, 4) is 5.75 Å². The van der Waals surface area contributed by atoms with Crippen LogP contribution in [0.3, 0.4) is 0 Å². The third kappa shape index (κ3) is 2.42. The first-order valence-electron chi connectivity index (χ1n) is 6.05. The number of aldehydes is 1. The van der Waals surface area contributed by atoms with Crippen molar-refractivity contribution in [2.75, 3.05) is 18.5 Å². The number of aromatic nitrogens is 1. The number of benzene rings is 1. The molecule has 0 unspecified atom stereocenters. The molecule has 0 aliphatic rings. The van der Waals surface area contributed by atoms with Crippen LogP contribution in [0.25, 0.3) is 10.9 Å². The zero-order chi connectivity index (χ0) is 13.0. The lowest BCUT2D eigenvalue weighted by Gasteiger charge is -2.09. The largest absolute Gasteiger partial charge is 0.494 e. The Labute approximate surface area is 106 Å². The van der Waals surface area contributed by atoms with Gasteiger partial charge in [0, 0.05) is 11.9 Å². The predicted octanol–water partition coefficient (Wildman–Crippen LogP) is 2.88. The number of anilines is 1. The minimum atomic E-state index is 0.568. The van der Waals surface area contributed by atoms with Crippen molar-refractivity contribution in [2.45, 2.75) is 13.8 Å². The highest BCUT2D eigenvalue weighted by atomic mass is 16.5. The van der Waals surface area contributed by atoms with Gasteiger partial charge in [0.2, 0.25) is 0 Å². The molecule has 0 atom stereocenters. The van der Waals surface area contributed by atoms with Crippen LogP contribution >= 0.6 is 0 Å². The topological polar surface area (TPSA) is 51.2 Å². The second-order valence-electron chi connectivity index (χ2n) is 3.86. The van der Waals surface area contributed by atoms with Crippen LogP contribution < -0.4 is 10.1 Å². The first kappa shape index (κ1) is 12.4. The van der Waals surface area contributed by atoms with Gasteiger partial charge in [-0.3, -0.25) is 4.79 Å². The van der Waals surface area contributed by atoms with Gasteiger partial charge in [-0.1, -0.05) is 0 Å². The Kier molecular flexibility index (Phi) is 3.77. The van der Waals surface area contributed by atoms with Gasteiger partial charge < -0.3 is 10.1 Å².